The van der Waals surface area contributed by atoms with Crippen molar-refractivity contribution in [2.45, 2.75) is 26.8 Å². The van der Waals surface area contributed by atoms with E-state index in [1.54, 1.807) is 42.5 Å². The number of fused-ring (bicyclic) bond motifs is 2. The van der Waals surface area contributed by atoms with Crippen molar-refractivity contribution in [2.24, 2.45) is 5.73 Å². The molecule has 2 aromatic carbocycles. The van der Waals surface area contributed by atoms with Crippen molar-refractivity contribution in [1.82, 2.24) is 4.98 Å². The van der Waals surface area contributed by atoms with Crippen LogP contribution in [0.25, 0.3) is 11.0 Å². The summed E-state index contributed by atoms with van der Waals surface area (Å²) in [6.45, 7) is 5.44. The highest BCUT2D eigenvalue weighted by Crippen LogP contribution is 2.41. The van der Waals surface area contributed by atoms with Crippen molar-refractivity contribution in [3.05, 3.63) is 98.5 Å². The average Bonchev–Trinajstić information content (AvgIpc) is 3.12. The maximum Gasteiger partial charge on any atom is 0.296 e. The smallest absolute Gasteiger partial charge is 0.296 e. The summed E-state index contributed by atoms with van der Waals surface area (Å²) in [6.07, 6.45) is 0. The van der Waals surface area contributed by atoms with Crippen molar-refractivity contribution in [1.29, 1.82) is 0 Å². The van der Waals surface area contributed by atoms with Crippen molar-refractivity contribution in [3.63, 3.8) is 0 Å². The van der Waals surface area contributed by atoms with Gasteiger partial charge in [0.1, 0.15) is 17.2 Å². The normalized spacial score (nSPS) is 14.9. The molecule has 2 N–H and O–H groups in total. The van der Waals surface area contributed by atoms with E-state index in [1.165, 1.54) is 4.90 Å². The van der Waals surface area contributed by atoms with Crippen LogP contribution < -0.4 is 20.8 Å². The summed E-state index contributed by atoms with van der Waals surface area (Å²) in [5.74, 6) is -0.163. The van der Waals surface area contributed by atoms with Gasteiger partial charge in [-0.15, -0.1) is 0 Å². The van der Waals surface area contributed by atoms with Crippen molar-refractivity contribution >= 4 is 28.6 Å². The summed E-state index contributed by atoms with van der Waals surface area (Å²) in [6, 6.07) is 15.0. The number of nitrogens with zero attached hydrogens (tertiary/aromatic N) is 2. The average molecular weight is 469 g/mol. The second-order valence-corrected chi connectivity index (χ2v) is 8.65. The molecule has 0 spiro atoms. The van der Waals surface area contributed by atoms with Crippen LogP contribution in [0.15, 0.2) is 63.8 Å². The van der Waals surface area contributed by atoms with Crippen LogP contribution in [-0.4, -0.2) is 23.4 Å². The first kappa shape index (κ1) is 22.3. The minimum absolute atomic E-state index is 0.00751. The molecule has 1 aliphatic rings. The molecule has 0 bridgehead atoms. The van der Waals surface area contributed by atoms with Gasteiger partial charge in [-0.25, -0.2) is 4.98 Å². The lowest BCUT2D eigenvalue weighted by Gasteiger charge is -2.24. The Morgan fingerprint density at radius 1 is 1.06 bits per heavy atom. The molecule has 5 rings (SSSR count). The van der Waals surface area contributed by atoms with Gasteiger partial charge in [0, 0.05) is 5.69 Å². The second kappa shape index (κ2) is 8.39. The predicted octanol–water partition coefficient (Wildman–Crippen LogP) is 3.73. The molecular formula is C27H23N3O5. The maximum absolute atomic E-state index is 13.8. The third-order valence-electron chi connectivity index (χ3n) is 6.18. The fourth-order valence-electron chi connectivity index (χ4n) is 4.34. The van der Waals surface area contributed by atoms with E-state index in [-0.39, 0.29) is 23.4 Å². The molecule has 0 saturated carbocycles. The van der Waals surface area contributed by atoms with E-state index in [1.807, 2.05) is 32.9 Å². The molecule has 0 radical (unpaired) electrons. The zero-order chi connectivity index (χ0) is 24.9. The summed E-state index contributed by atoms with van der Waals surface area (Å²) in [5.41, 5.74) is 8.86. The van der Waals surface area contributed by atoms with Gasteiger partial charge in [0.15, 0.2) is 12.0 Å². The van der Waals surface area contributed by atoms with Crippen LogP contribution in [0.5, 0.6) is 5.75 Å². The molecular weight excluding hydrogens is 446 g/mol. The number of carbonyl (C=O) groups excluding carboxylic acids is 2. The fourth-order valence-corrected chi connectivity index (χ4v) is 4.34. The molecule has 0 fully saturated rings. The van der Waals surface area contributed by atoms with Crippen LogP contribution >= 0.6 is 0 Å². The fraction of sp³-hybridized carbons (Fsp3) is 0.185. The lowest BCUT2D eigenvalue weighted by atomic mass is 9.97. The summed E-state index contributed by atoms with van der Waals surface area (Å²) in [4.78, 5) is 44.5. The minimum Gasteiger partial charge on any atom is -0.484 e. The summed E-state index contributed by atoms with van der Waals surface area (Å²) in [7, 11) is 0. The van der Waals surface area contributed by atoms with Crippen molar-refractivity contribution in [3.8, 4) is 5.75 Å². The number of hydrogen-bond acceptors (Lipinski definition) is 6. The van der Waals surface area contributed by atoms with Gasteiger partial charge in [-0.05, 0) is 73.9 Å². The first-order chi connectivity index (χ1) is 16.7. The number of aromatic nitrogens is 1. The van der Waals surface area contributed by atoms with E-state index in [4.69, 9.17) is 14.9 Å². The molecule has 35 heavy (non-hydrogen) atoms. The SMILES string of the molecule is Cc1cccc(N2C(=O)c3oc4cc(C)c(C)cc4c(=O)c3C2c2ccc(OCC(N)=O)cc2)n1. The Bertz CT molecular complexity index is 1560. The molecule has 0 aliphatic carbocycles. The molecule has 1 aliphatic heterocycles. The Morgan fingerprint density at radius 3 is 2.46 bits per heavy atom. The Morgan fingerprint density at radius 2 is 1.77 bits per heavy atom. The van der Waals surface area contributed by atoms with Crippen LogP contribution in [0.4, 0.5) is 5.82 Å². The Hall–Kier alpha value is -4.46. The first-order valence-electron chi connectivity index (χ1n) is 11.1. The predicted molar refractivity (Wildman–Crippen MR) is 131 cm³/mol. The maximum atomic E-state index is 13.8. The molecule has 4 aromatic rings. The molecule has 176 valence electrons. The number of amides is 2. The highest BCUT2D eigenvalue weighted by molar-refractivity contribution is 6.10. The molecule has 8 nitrogen and oxygen atoms in total. The molecule has 2 aromatic heterocycles. The topological polar surface area (TPSA) is 116 Å². The van der Waals surface area contributed by atoms with Crippen LogP contribution in [0.1, 0.15) is 44.5 Å². The van der Waals surface area contributed by atoms with Gasteiger partial charge < -0.3 is 14.9 Å². The third-order valence-corrected chi connectivity index (χ3v) is 6.18. The molecule has 0 saturated heterocycles. The van der Waals surface area contributed by atoms with Crippen molar-refractivity contribution in [2.75, 3.05) is 11.5 Å². The highest BCUT2D eigenvalue weighted by Gasteiger charge is 2.44. The number of rotatable bonds is 5. The van der Waals surface area contributed by atoms with E-state index in [9.17, 15) is 14.4 Å². The summed E-state index contributed by atoms with van der Waals surface area (Å²) >= 11 is 0. The monoisotopic (exact) mass is 469 g/mol. The molecule has 2 amide bonds. The Balaban J connectivity index is 1.71. The number of primary amides is 1. The lowest BCUT2D eigenvalue weighted by molar-refractivity contribution is -0.119. The van der Waals surface area contributed by atoms with Crippen molar-refractivity contribution < 1.29 is 18.7 Å². The summed E-state index contributed by atoms with van der Waals surface area (Å²) in [5, 5.41) is 0.421. The third kappa shape index (κ3) is 3.82. The number of carbonyl (C=O) groups is 2. The minimum atomic E-state index is -0.751. The number of hydrogen-bond donors (Lipinski definition) is 1. The Labute approximate surface area is 200 Å². The number of ether oxygens (including phenoxy) is 1. The lowest BCUT2D eigenvalue weighted by Crippen LogP contribution is -2.30. The van der Waals surface area contributed by atoms with Crippen LogP contribution in [-0.2, 0) is 4.79 Å². The van der Waals surface area contributed by atoms with E-state index >= 15 is 0 Å². The van der Waals surface area contributed by atoms with E-state index in [0.29, 0.717) is 28.1 Å². The molecule has 1 atom stereocenters. The Kier molecular flexibility index (Phi) is 5.36. The number of nitrogens with two attached hydrogens (primary N) is 1. The highest BCUT2D eigenvalue weighted by atomic mass is 16.5. The van der Waals surface area contributed by atoms with E-state index < -0.39 is 17.9 Å². The standard InChI is InChI=1S/C27H23N3O5/c1-14-11-19-20(12-15(14)2)35-26-23(25(19)32)24(17-7-9-18(10-8-17)34-13-21(28)31)30(27(26)33)22-6-4-5-16(3)29-22/h4-12,24H,13H2,1-3H3,(H2,28,31). The molecule has 8 heteroatoms. The second-order valence-electron chi connectivity index (χ2n) is 8.65. The number of anilines is 1. The first-order valence-corrected chi connectivity index (χ1v) is 11.1. The van der Waals surface area contributed by atoms with Gasteiger partial charge in [0.2, 0.25) is 5.76 Å². The number of benzene rings is 2. The van der Waals surface area contributed by atoms with Crippen LogP contribution in [0, 0.1) is 20.8 Å². The van der Waals surface area contributed by atoms with Crippen LogP contribution in [0.3, 0.4) is 0 Å². The van der Waals surface area contributed by atoms with E-state index in [2.05, 4.69) is 4.98 Å². The van der Waals surface area contributed by atoms with E-state index in [0.717, 1.165) is 16.8 Å². The van der Waals surface area contributed by atoms with Gasteiger partial charge in [-0.3, -0.25) is 19.3 Å². The van der Waals surface area contributed by atoms with Crippen LogP contribution in [0.2, 0.25) is 0 Å². The molecule has 1 unspecified atom stereocenters. The van der Waals surface area contributed by atoms with Gasteiger partial charge in [-0.1, -0.05) is 18.2 Å². The molecule has 3 heterocycles. The van der Waals surface area contributed by atoms with Gasteiger partial charge >= 0.3 is 0 Å². The van der Waals surface area contributed by atoms with Gasteiger partial charge in [-0.2, -0.15) is 0 Å². The zero-order valence-electron chi connectivity index (χ0n) is 19.5. The quantitative estimate of drug-likeness (QED) is 0.476. The summed E-state index contributed by atoms with van der Waals surface area (Å²) < 4.78 is 11.4. The van der Waals surface area contributed by atoms with Gasteiger partial charge in [0.05, 0.1) is 17.0 Å². The largest absolute Gasteiger partial charge is 0.484 e. The number of aryl methyl sites for hydroxylation is 3. The van der Waals surface area contributed by atoms with Gasteiger partial charge in [0.25, 0.3) is 11.8 Å². The number of pyridine rings is 1. The zero-order valence-corrected chi connectivity index (χ0v) is 19.5.